The number of hydrogen-bond donors (Lipinski definition) is 3. The molecule has 1 unspecified atom stereocenters. The number of carboxylic acid groups (broad SMARTS) is 1. The normalized spacial score (nSPS) is 11.7. The van der Waals surface area contributed by atoms with E-state index >= 15 is 0 Å². The van der Waals surface area contributed by atoms with E-state index in [1.54, 1.807) is 6.07 Å². The fourth-order valence-corrected chi connectivity index (χ4v) is 1.25. The molecule has 0 spiro atoms. The van der Waals surface area contributed by atoms with Crippen molar-refractivity contribution in [2.24, 2.45) is 5.92 Å². The molecule has 98 valence electrons. The van der Waals surface area contributed by atoms with Gasteiger partial charge in [-0.05, 0) is 18.1 Å². The second-order valence-electron chi connectivity index (χ2n) is 4.05. The molecule has 0 fully saturated rings. The highest BCUT2D eigenvalue weighted by atomic mass is 16.4. The molecule has 0 radical (unpaired) electrons. The van der Waals surface area contributed by atoms with E-state index in [1.807, 2.05) is 13.8 Å². The van der Waals surface area contributed by atoms with E-state index in [0.29, 0.717) is 12.5 Å². The van der Waals surface area contributed by atoms with Gasteiger partial charge < -0.3 is 15.7 Å². The third kappa shape index (κ3) is 4.04. The standard InChI is InChI=1S/C12H17N3O3/c1-3-8(2)7-14-12(18)15-9-5-4-6-13-10(9)11(16)17/h4-6,8H,3,7H2,1-2H3,(H,16,17)(H2,14,15,18). The summed E-state index contributed by atoms with van der Waals surface area (Å²) in [5.41, 5.74) is 0.0165. The first kappa shape index (κ1) is 14.0. The Balaban J connectivity index is 2.62. The number of pyridine rings is 1. The molecule has 18 heavy (non-hydrogen) atoms. The first-order chi connectivity index (χ1) is 8.54. The SMILES string of the molecule is CCC(C)CNC(=O)Nc1cccnc1C(=O)O. The molecule has 0 saturated heterocycles. The van der Waals surface area contributed by atoms with Gasteiger partial charge in [0.05, 0.1) is 5.69 Å². The highest BCUT2D eigenvalue weighted by Crippen LogP contribution is 2.11. The van der Waals surface area contributed by atoms with Crippen molar-refractivity contribution in [3.8, 4) is 0 Å². The number of aromatic nitrogens is 1. The number of amides is 2. The van der Waals surface area contributed by atoms with Crippen LogP contribution in [0.1, 0.15) is 30.8 Å². The first-order valence-corrected chi connectivity index (χ1v) is 5.77. The Morgan fingerprint density at radius 3 is 2.83 bits per heavy atom. The zero-order chi connectivity index (χ0) is 13.5. The molecule has 3 N–H and O–H groups in total. The minimum atomic E-state index is -1.17. The monoisotopic (exact) mass is 251 g/mol. The van der Waals surface area contributed by atoms with Crippen molar-refractivity contribution < 1.29 is 14.7 Å². The number of rotatable bonds is 5. The second-order valence-corrected chi connectivity index (χ2v) is 4.05. The largest absolute Gasteiger partial charge is 0.476 e. The van der Waals surface area contributed by atoms with Crippen LogP contribution in [0.15, 0.2) is 18.3 Å². The van der Waals surface area contributed by atoms with Crippen LogP contribution in [0.4, 0.5) is 10.5 Å². The minimum Gasteiger partial charge on any atom is -0.476 e. The highest BCUT2D eigenvalue weighted by Gasteiger charge is 2.13. The predicted octanol–water partition coefficient (Wildman–Crippen LogP) is 1.95. The lowest BCUT2D eigenvalue weighted by Crippen LogP contribution is -2.32. The number of carboxylic acids is 1. The van der Waals surface area contributed by atoms with Crippen molar-refractivity contribution in [1.29, 1.82) is 0 Å². The summed E-state index contributed by atoms with van der Waals surface area (Å²) >= 11 is 0. The van der Waals surface area contributed by atoms with Crippen molar-refractivity contribution in [1.82, 2.24) is 10.3 Å². The Kier molecular flexibility index (Phi) is 5.10. The molecule has 1 heterocycles. The number of urea groups is 1. The van der Waals surface area contributed by atoms with Crippen LogP contribution < -0.4 is 10.6 Å². The Hall–Kier alpha value is -2.11. The Morgan fingerprint density at radius 1 is 1.50 bits per heavy atom. The predicted molar refractivity (Wildman–Crippen MR) is 67.7 cm³/mol. The topological polar surface area (TPSA) is 91.3 Å². The molecule has 2 amide bonds. The van der Waals surface area contributed by atoms with Crippen molar-refractivity contribution >= 4 is 17.7 Å². The van der Waals surface area contributed by atoms with Crippen LogP contribution in [0, 0.1) is 5.92 Å². The molecule has 0 aliphatic rings. The third-order valence-electron chi connectivity index (χ3n) is 2.57. The van der Waals surface area contributed by atoms with Crippen LogP contribution in [0.25, 0.3) is 0 Å². The molecule has 0 aliphatic heterocycles. The van der Waals surface area contributed by atoms with Crippen LogP contribution in [0.5, 0.6) is 0 Å². The van der Waals surface area contributed by atoms with Crippen LogP contribution >= 0.6 is 0 Å². The van der Waals surface area contributed by atoms with Crippen LogP contribution in [0.3, 0.4) is 0 Å². The van der Waals surface area contributed by atoms with Crippen molar-refractivity contribution in [2.75, 3.05) is 11.9 Å². The summed E-state index contributed by atoms with van der Waals surface area (Å²) in [5.74, 6) is -0.795. The number of nitrogens with zero attached hydrogens (tertiary/aromatic N) is 1. The Labute approximate surface area is 105 Å². The molecule has 0 saturated carbocycles. The zero-order valence-electron chi connectivity index (χ0n) is 10.4. The van der Waals surface area contributed by atoms with Gasteiger partial charge in [0.25, 0.3) is 0 Å². The smallest absolute Gasteiger partial charge is 0.356 e. The number of carbonyl (C=O) groups excluding carboxylic acids is 1. The van der Waals surface area contributed by atoms with E-state index < -0.39 is 12.0 Å². The van der Waals surface area contributed by atoms with Gasteiger partial charge >= 0.3 is 12.0 Å². The average Bonchev–Trinajstić information content (AvgIpc) is 2.36. The van der Waals surface area contributed by atoms with E-state index in [1.165, 1.54) is 12.3 Å². The molecule has 6 heteroatoms. The van der Waals surface area contributed by atoms with Gasteiger partial charge in [-0.25, -0.2) is 14.6 Å². The summed E-state index contributed by atoms with van der Waals surface area (Å²) in [6.45, 7) is 4.60. The van der Waals surface area contributed by atoms with Crippen molar-refractivity contribution in [3.05, 3.63) is 24.0 Å². The van der Waals surface area contributed by atoms with Gasteiger partial charge in [0, 0.05) is 12.7 Å². The lowest BCUT2D eigenvalue weighted by atomic mass is 10.1. The van der Waals surface area contributed by atoms with E-state index in [-0.39, 0.29) is 11.4 Å². The summed E-state index contributed by atoms with van der Waals surface area (Å²) < 4.78 is 0. The number of nitrogens with one attached hydrogen (secondary N) is 2. The van der Waals surface area contributed by atoms with E-state index in [0.717, 1.165) is 6.42 Å². The molecule has 1 aromatic heterocycles. The van der Waals surface area contributed by atoms with Gasteiger partial charge in [-0.2, -0.15) is 0 Å². The summed E-state index contributed by atoms with van der Waals surface area (Å²) in [5, 5.41) is 14.1. The molecule has 0 aliphatic carbocycles. The maximum atomic E-state index is 11.6. The first-order valence-electron chi connectivity index (χ1n) is 5.77. The summed E-state index contributed by atoms with van der Waals surface area (Å²) in [6.07, 6.45) is 2.33. The highest BCUT2D eigenvalue weighted by molar-refractivity contribution is 5.98. The van der Waals surface area contributed by atoms with Crippen LogP contribution in [-0.2, 0) is 0 Å². The number of hydrogen-bond acceptors (Lipinski definition) is 3. The molecule has 1 rings (SSSR count). The lowest BCUT2D eigenvalue weighted by molar-refractivity contribution is 0.0692. The van der Waals surface area contributed by atoms with Crippen LogP contribution in [0.2, 0.25) is 0 Å². The zero-order valence-corrected chi connectivity index (χ0v) is 10.4. The van der Waals surface area contributed by atoms with Gasteiger partial charge in [0.1, 0.15) is 0 Å². The van der Waals surface area contributed by atoms with Gasteiger partial charge in [-0.1, -0.05) is 20.3 Å². The van der Waals surface area contributed by atoms with E-state index in [9.17, 15) is 9.59 Å². The Bertz CT molecular complexity index is 434. The minimum absolute atomic E-state index is 0.170. The number of carbonyl (C=O) groups is 2. The van der Waals surface area contributed by atoms with E-state index in [2.05, 4.69) is 15.6 Å². The van der Waals surface area contributed by atoms with Gasteiger partial charge in [-0.3, -0.25) is 0 Å². The van der Waals surface area contributed by atoms with Crippen molar-refractivity contribution in [2.45, 2.75) is 20.3 Å². The lowest BCUT2D eigenvalue weighted by Gasteiger charge is -2.12. The molecule has 1 aromatic rings. The van der Waals surface area contributed by atoms with E-state index in [4.69, 9.17) is 5.11 Å². The maximum absolute atomic E-state index is 11.6. The average molecular weight is 251 g/mol. The number of anilines is 1. The van der Waals surface area contributed by atoms with Crippen LogP contribution in [-0.4, -0.2) is 28.6 Å². The fraction of sp³-hybridized carbons (Fsp3) is 0.417. The summed E-state index contributed by atoms with van der Waals surface area (Å²) in [4.78, 5) is 26.1. The molecule has 0 bridgehead atoms. The second kappa shape index (κ2) is 6.58. The van der Waals surface area contributed by atoms with Gasteiger partial charge in [-0.15, -0.1) is 0 Å². The maximum Gasteiger partial charge on any atom is 0.356 e. The quantitative estimate of drug-likeness (QED) is 0.745. The summed E-state index contributed by atoms with van der Waals surface area (Å²) in [7, 11) is 0. The number of aromatic carboxylic acids is 1. The summed E-state index contributed by atoms with van der Waals surface area (Å²) in [6, 6.07) is 2.64. The third-order valence-corrected chi connectivity index (χ3v) is 2.57. The molecular weight excluding hydrogens is 234 g/mol. The van der Waals surface area contributed by atoms with Gasteiger partial charge in [0.15, 0.2) is 5.69 Å². The van der Waals surface area contributed by atoms with Gasteiger partial charge in [0.2, 0.25) is 0 Å². The molecule has 0 aromatic carbocycles. The van der Waals surface area contributed by atoms with Crippen molar-refractivity contribution in [3.63, 3.8) is 0 Å². The Morgan fingerprint density at radius 2 is 2.22 bits per heavy atom. The molecular formula is C12H17N3O3. The molecule has 1 atom stereocenters. The fourth-order valence-electron chi connectivity index (χ4n) is 1.25. The molecule has 6 nitrogen and oxygen atoms in total.